The van der Waals surface area contributed by atoms with Crippen LogP contribution in [-0.4, -0.2) is 26.3 Å². The molecule has 4 aliphatic rings. The van der Waals surface area contributed by atoms with Crippen LogP contribution in [0.4, 0.5) is 13.2 Å². The van der Waals surface area contributed by atoms with Crippen molar-refractivity contribution in [1.82, 2.24) is 9.78 Å². The molecule has 3 fully saturated rings. The summed E-state index contributed by atoms with van der Waals surface area (Å²) >= 11 is 0. The van der Waals surface area contributed by atoms with Crippen molar-refractivity contribution >= 4 is 5.78 Å². The zero-order valence-corrected chi connectivity index (χ0v) is 18.9. The minimum Gasteiger partial charge on any atom is -0.390 e. The first-order chi connectivity index (χ1) is 15.0. The summed E-state index contributed by atoms with van der Waals surface area (Å²) in [6.07, 6.45) is 6.82. The Balaban J connectivity index is 1.31. The van der Waals surface area contributed by atoms with E-state index in [9.17, 15) is 23.1 Å². The average Bonchev–Trinajstić information content (AvgIpc) is 3.30. The van der Waals surface area contributed by atoms with Gasteiger partial charge in [0, 0.05) is 12.1 Å². The third-order valence-electron chi connectivity index (χ3n) is 9.35. The highest BCUT2D eigenvalue weighted by molar-refractivity contribution is 5.82. The Hall–Kier alpha value is -1.63. The van der Waals surface area contributed by atoms with Gasteiger partial charge in [0.25, 0.3) is 0 Å². The molecule has 0 spiro atoms. The van der Waals surface area contributed by atoms with Gasteiger partial charge in [-0.05, 0) is 93.4 Å². The molecule has 32 heavy (non-hydrogen) atoms. The van der Waals surface area contributed by atoms with E-state index in [4.69, 9.17) is 0 Å². The van der Waals surface area contributed by atoms with Crippen LogP contribution >= 0.6 is 0 Å². The number of hydrogen-bond acceptors (Lipinski definition) is 3. The summed E-state index contributed by atoms with van der Waals surface area (Å²) in [4.78, 5) is 13.2. The zero-order valence-electron chi connectivity index (χ0n) is 18.9. The van der Waals surface area contributed by atoms with Crippen molar-refractivity contribution in [3.8, 4) is 0 Å². The van der Waals surface area contributed by atoms with E-state index >= 15 is 0 Å². The fourth-order valence-corrected chi connectivity index (χ4v) is 7.87. The molecule has 1 heterocycles. The van der Waals surface area contributed by atoms with Crippen LogP contribution in [0.3, 0.4) is 0 Å². The lowest BCUT2D eigenvalue weighted by atomic mass is 9.51. The molecule has 1 aromatic rings. The second-order valence-corrected chi connectivity index (χ2v) is 11.3. The first kappa shape index (κ1) is 22.2. The monoisotopic (exact) mass is 450 g/mol. The molecule has 5 rings (SSSR count). The number of aliphatic hydroxyl groups is 1. The molecule has 1 aromatic heterocycles. The molecule has 1 N–H and O–H groups in total. The molecule has 0 aromatic carbocycles. The van der Waals surface area contributed by atoms with E-state index in [2.05, 4.69) is 18.1 Å². The van der Waals surface area contributed by atoms with Gasteiger partial charge in [0.2, 0.25) is 0 Å². The minimum atomic E-state index is -4.49. The zero-order chi connectivity index (χ0) is 22.9. The van der Waals surface area contributed by atoms with Crippen LogP contribution in [0.5, 0.6) is 0 Å². The number of carbonyl (C=O) groups excluding carboxylic acids is 1. The lowest BCUT2D eigenvalue weighted by Gasteiger charge is -2.54. The standard InChI is InChI=1S/C25H33F3N2O2/c1-23(32)10-7-16-15(13-23)3-4-18-17(16)8-11-24(2)19(18)5-6-20(24)21(31)14-30-12-9-22(29-30)25(26,27)28/h3,9,12,16-20,32H,4-8,10-11,13-14H2,1-2H3/t16-,17+,18+,19-,20+,23+,24-/m0/s1. The van der Waals surface area contributed by atoms with Crippen molar-refractivity contribution in [2.24, 2.45) is 35.0 Å². The Labute approximate surface area is 187 Å². The third kappa shape index (κ3) is 3.64. The average molecular weight is 451 g/mol. The highest BCUT2D eigenvalue weighted by Crippen LogP contribution is 2.63. The van der Waals surface area contributed by atoms with Crippen molar-refractivity contribution in [1.29, 1.82) is 0 Å². The van der Waals surface area contributed by atoms with Crippen LogP contribution in [0.25, 0.3) is 0 Å². The predicted octanol–water partition coefficient (Wildman–Crippen LogP) is 5.41. The van der Waals surface area contributed by atoms with Crippen LogP contribution < -0.4 is 0 Å². The molecule has 0 aliphatic heterocycles. The van der Waals surface area contributed by atoms with Gasteiger partial charge < -0.3 is 5.11 Å². The molecule has 7 atom stereocenters. The first-order valence-corrected chi connectivity index (χ1v) is 12.0. The summed E-state index contributed by atoms with van der Waals surface area (Å²) in [5.74, 6) is 2.18. The molecule has 7 heteroatoms. The van der Waals surface area contributed by atoms with Gasteiger partial charge >= 0.3 is 6.18 Å². The smallest absolute Gasteiger partial charge is 0.390 e. The maximum atomic E-state index is 13.2. The summed E-state index contributed by atoms with van der Waals surface area (Å²) in [6, 6.07) is 0.936. The summed E-state index contributed by atoms with van der Waals surface area (Å²) in [5, 5.41) is 14.1. The Kier molecular flexibility index (Phi) is 5.16. The molecule has 0 bridgehead atoms. The van der Waals surface area contributed by atoms with E-state index < -0.39 is 17.5 Å². The summed E-state index contributed by atoms with van der Waals surface area (Å²) in [5.41, 5.74) is -0.167. The van der Waals surface area contributed by atoms with Crippen LogP contribution in [0.2, 0.25) is 0 Å². The number of allylic oxidation sites excluding steroid dienone is 1. The lowest BCUT2D eigenvalue weighted by molar-refractivity contribution is -0.142. The largest absolute Gasteiger partial charge is 0.435 e. The van der Waals surface area contributed by atoms with Gasteiger partial charge in [-0.2, -0.15) is 18.3 Å². The van der Waals surface area contributed by atoms with E-state index in [0.29, 0.717) is 23.7 Å². The van der Waals surface area contributed by atoms with Crippen LogP contribution in [0.15, 0.2) is 23.9 Å². The quantitative estimate of drug-likeness (QED) is 0.627. The maximum absolute atomic E-state index is 13.2. The first-order valence-electron chi connectivity index (χ1n) is 12.0. The Morgan fingerprint density at radius 1 is 1.19 bits per heavy atom. The third-order valence-corrected chi connectivity index (χ3v) is 9.35. The van der Waals surface area contributed by atoms with Gasteiger partial charge in [-0.15, -0.1) is 0 Å². The van der Waals surface area contributed by atoms with E-state index in [1.807, 2.05) is 6.92 Å². The van der Waals surface area contributed by atoms with Crippen molar-refractivity contribution < 1.29 is 23.1 Å². The maximum Gasteiger partial charge on any atom is 0.435 e. The number of hydrogen-bond donors (Lipinski definition) is 1. The molecular formula is C25H33F3N2O2. The van der Waals surface area contributed by atoms with Crippen LogP contribution in [0.1, 0.15) is 70.9 Å². The van der Waals surface area contributed by atoms with Crippen molar-refractivity contribution in [2.75, 3.05) is 0 Å². The van der Waals surface area contributed by atoms with E-state index in [1.165, 1.54) is 11.8 Å². The number of rotatable bonds is 3. The van der Waals surface area contributed by atoms with E-state index in [0.717, 1.165) is 62.1 Å². The number of carbonyl (C=O) groups is 1. The minimum absolute atomic E-state index is 0.0195. The Morgan fingerprint density at radius 2 is 1.97 bits per heavy atom. The molecule has 0 radical (unpaired) electrons. The number of Topliss-reactive ketones (excluding diaryl/α,β-unsaturated/α-hetero) is 1. The van der Waals surface area contributed by atoms with Gasteiger partial charge in [-0.3, -0.25) is 9.48 Å². The highest BCUT2D eigenvalue weighted by Gasteiger charge is 2.57. The molecule has 176 valence electrons. The number of alkyl halides is 3. The number of halogens is 3. The van der Waals surface area contributed by atoms with Crippen LogP contribution in [0, 0.1) is 35.0 Å². The van der Waals surface area contributed by atoms with Gasteiger partial charge in [0.05, 0.1) is 12.1 Å². The molecular weight excluding hydrogens is 417 g/mol. The van der Waals surface area contributed by atoms with E-state index in [1.54, 1.807) is 0 Å². The van der Waals surface area contributed by atoms with Crippen molar-refractivity contribution in [3.05, 3.63) is 29.6 Å². The fourth-order valence-electron chi connectivity index (χ4n) is 7.87. The van der Waals surface area contributed by atoms with Gasteiger partial charge in [0.1, 0.15) is 0 Å². The second kappa shape index (κ2) is 7.44. The van der Waals surface area contributed by atoms with Crippen LogP contribution in [-0.2, 0) is 17.5 Å². The number of nitrogens with zero attached hydrogens (tertiary/aromatic N) is 2. The molecule has 4 aliphatic carbocycles. The SMILES string of the molecule is C[C@@]1(O)CC[C@H]2C(=CC[C@@H]3[C@@H]2CC[C@]2(C)[C@@H](C(=O)Cn4ccc(C(F)(F)F)n4)CC[C@@H]32)C1. The van der Waals surface area contributed by atoms with Gasteiger partial charge in [0.15, 0.2) is 11.5 Å². The normalized spacial score (nSPS) is 41.4. The topological polar surface area (TPSA) is 55.1 Å². The Bertz CT molecular complexity index is 934. The molecule has 4 nitrogen and oxygen atoms in total. The highest BCUT2D eigenvalue weighted by atomic mass is 19.4. The van der Waals surface area contributed by atoms with E-state index in [-0.39, 0.29) is 23.7 Å². The molecule has 0 saturated heterocycles. The summed E-state index contributed by atoms with van der Waals surface area (Å²) in [7, 11) is 0. The predicted molar refractivity (Wildman–Crippen MR) is 113 cm³/mol. The molecule has 0 unspecified atom stereocenters. The molecule has 0 amide bonds. The number of fused-ring (bicyclic) bond motifs is 5. The van der Waals surface area contributed by atoms with Crippen molar-refractivity contribution in [2.45, 2.75) is 83.5 Å². The number of aromatic nitrogens is 2. The Morgan fingerprint density at radius 3 is 2.69 bits per heavy atom. The molecule has 3 saturated carbocycles. The van der Waals surface area contributed by atoms with Gasteiger partial charge in [-0.25, -0.2) is 0 Å². The van der Waals surface area contributed by atoms with Crippen molar-refractivity contribution in [3.63, 3.8) is 0 Å². The number of ketones is 1. The summed E-state index contributed by atoms with van der Waals surface area (Å²) in [6.45, 7) is 4.11. The van der Waals surface area contributed by atoms with Gasteiger partial charge in [-0.1, -0.05) is 18.6 Å². The second-order valence-electron chi connectivity index (χ2n) is 11.3. The summed E-state index contributed by atoms with van der Waals surface area (Å²) < 4.78 is 39.7. The lowest BCUT2D eigenvalue weighted by Crippen LogP contribution is -2.48. The fraction of sp³-hybridized carbons (Fsp3) is 0.760.